The zero-order valence-corrected chi connectivity index (χ0v) is 8.54. The lowest BCUT2D eigenvalue weighted by atomic mass is 10.1. The Bertz CT molecular complexity index is 421. The van der Waals surface area contributed by atoms with Gasteiger partial charge < -0.3 is 4.74 Å². The van der Waals surface area contributed by atoms with Gasteiger partial charge in [-0.2, -0.15) is 14.0 Å². The Balaban J connectivity index is 2.81. The summed E-state index contributed by atoms with van der Waals surface area (Å²) in [7, 11) is 0. The first-order valence-electron chi connectivity index (χ1n) is 4.47. The number of halogens is 2. The molecule has 1 aromatic rings. The Hall–Kier alpha value is -1.96. The largest absolute Gasteiger partial charge is 0.459 e. The molecule has 1 aromatic carbocycles. The molecule has 0 atom stereocenters. The molecule has 84 valence electrons. The van der Waals surface area contributed by atoms with Gasteiger partial charge >= 0.3 is 11.9 Å². The van der Waals surface area contributed by atoms with Gasteiger partial charge in [0.25, 0.3) is 0 Å². The number of esters is 1. The maximum Gasteiger partial charge on any atom is 0.306 e. The first-order chi connectivity index (χ1) is 7.45. The molecule has 5 heteroatoms. The number of carbonyl (C=O) groups excluding carboxylic acids is 1. The van der Waals surface area contributed by atoms with Crippen LogP contribution in [-0.2, 0) is 15.5 Å². The number of hydrogen-bond acceptors (Lipinski definition) is 3. The van der Waals surface area contributed by atoms with Crippen molar-refractivity contribution in [3.05, 3.63) is 35.4 Å². The molecular formula is C11H9F2NO2. The minimum atomic E-state index is -3.24. The Labute approximate surface area is 91.3 Å². The number of hydrogen-bond donors (Lipinski definition) is 0. The van der Waals surface area contributed by atoms with E-state index in [-0.39, 0.29) is 5.56 Å². The van der Waals surface area contributed by atoms with E-state index in [0.29, 0.717) is 5.56 Å². The third-order valence-electron chi connectivity index (χ3n) is 1.89. The predicted molar refractivity (Wildman–Crippen MR) is 51.7 cm³/mol. The average Bonchev–Trinajstić information content (AvgIpc) is 2.27. The SMILES string of the molecule is CC(=O)OCC(F)(F)c1ccc(C#N)cc1. The van der Waals surface area contributed by atoms with Crippen molar-refractivity contribution in [3.63, 3.8) is 0 Å². The molecule has 0 unspecified atom stereocenters. The summed E-state index contributed by atoms with van der Waals surface area (Å²) in [6.07, 6.45) is 0. The fourth-order valence-corrected chi connectivity index (χ4v) is 1.06. The van der Waals surface area contributed by atoms with Crippen LogP contribution in [0.4, 0.5) is 8.78 Å². The van der Waals surface area contributed by atoms with E-state index in [1.54, 1.807) is 0 Å². The van der Waals surface area contributed by atoms with E-state index in [0.717, 1.165) is 19.1 Å². The van der Waals surface area contributed by atoms with Crippen molar-refractivity contribution in [3.8, 4) is 6.07 Å². The maximum absolute atomic E-state index is 13.4. The number of nitrogens with zero attached hydrogens (tertiary/aromatic N) is 1. The van der Waals surface area contributed by atoms with Crippen molar-refractivity contribution in [2.75, 3.05) is 6.61 Å². The lowest BCUT2D eigenvalue weighted by molar-refractivity contribution is -0.153. The molecule has 0 amide bonds. The van der Waals surface area contributed by atoms with Crippen LogP contribution < -0.4 is 0 Å². The summed E-state index contributed by atoms with van der Waals surface area (Å²) in [5.41, 5.74) is 0.0137. The molecule has 0 spiro atoms. The third-order valence-corrected chi connectivity index (χ3v) is 1.89. The molecule has 0 radical (unpaired) electrons. The van der Waals surface area contributed by atoms with Gasteiger partial charge in [0.1, 0.15) is 0 Å². The van der Waals surface area contributed by atoms with Crippen molar-refractivity contribution < 1.29 is 18.3 Å². The highest BCUT2D eigenvalue weighted by Gasteiger charge is 2.32. The minimum Gasteiger partial charge on any atom is -0.459 e. The molecule has 0 aliphatic rings. The lowest BCUT2D eigenvalue weighted by Crippen LogP contribution is -2.22. The van der Waals surface area contributed by atoms with E-state index < -0.39 is 18.5 Å². The van der Waals surface area contributed by atoms with Gasteiger partial charge in [-0.1, -0.05) is 12.1 Å². The predicted octanol–water partition coefficient (Wildman–Crippen LogP) is 2.21. The number of rotatable bonds is 3. The van der Waals surface area contributed by atoms with Crippen LogP contribution in [0.25, 0.3) is 0 Å². The van der Waals surface area contributed by atoms with Gasteiger partial charge in [-0.25, -0.2) is 0 Å². The van der Waals surface area contributed by atoms with Gasteiger partial charge in [0, 0.05) is 12.5 Å². The molecule has 0 saturated heterocycles. The summed E-state index contributed by atoms with van der Waals surface area (Å²) in [4.78, 5) is 10.4. The highest BCUT2D eigenvalue weighted by atomic mass is 19.3. The third kappa shape index (κ3) is 3.02. The van der Waals surface area contributed by atoms with E-state index in [4.69, 9.17) is 5.26 Å². The molecule has 0 saturated carbocycles. The van der Waals surface area contributed by atoms with Gasteiger partial charge in [0.2, 0.25) is 0 Å². The molecule has 0 N–H and O–H groups in total. The smallest absolute Gasteiger partial charge is 0.306 e. The highest BCUT2D eigenvalue weighted by molar-refractivity contribution is 5.65. The number of carbonyl (C=O) groups is 1. The summed E-state index contributed by atoms with van der Waals surface area (Å²) in [5, 5.41) is 8.50. The second-order valence-electron chi connectivity index (χ2n) is 3.17. The normalized spacial score (nSPS) is 10.6. The number of alkyl halides is 2. The average molecular weight is 225 g/mol. The number of ether oxygens (including phenoxy) is 1. The molecule has 0 aliphatic heterocycles. The molecule has 0 aromatic heterocycles. The van der Waals surface area contributed by atoms with Gasteiger partial charge in [0.15, 0.2) is 6.61 Å². The molecule has 0 bridgehead atoms. The molecule has 16 heavy (non-hydrogen) atoms. The monoisotopic (exact) mass is 225 g/mol. The van der Waals surface area contributed by atoms with Crippen LogP contribution >= 0.6 is 0 Å². The van der Waals surface area contributed by atoms with Crippen molar-refractivity contribution in [1.82, 2.24) is 0 Å². The molecular weight excluding hydrogens is 216 g/mol. The number of benzene rings is 1. The summed E-state index contributed by atoms with van der Waals surface area (Å²) in [6, 6.07) is 6.68. The van der Waals surface area contributed by atoms with Gasteiger partial charge in [-0.3, -0.25) is 4.79 Å². The molecule has 1 rings (SSSR count). The van der Waals surface area contributed by atoms with Gasteiger partial charge in [0.05, 0.1) is 11.6 Å². The second kappa shape index (κ2) is 4.71. The standard InChI is InChI=1S/C11H9F2NO2/c1-8(15)16-7-11(12,13)10-4-2-9(6-14)3-5-10/h2-5H,7H2,1H3. The number of nitriles is 1. The maximum atomic E-state index is 13.4. The zero-order valence-electron chi connectivity index (χ0n) is 8.54. The zero-order chi connectivity index (χ0) is 12.2. The van der Waals surface area contributed by atoms with Crippen LogP contribution in [0.3, 0.4) is 0 Å². The van der Waals surface area contributed by atoms with Gasteiger partial charge in [-0.15, -0.1) is 0 Å². The minimum absolute atomic E-state index is 0.284. The van der Waals surface area contributed by atoms with Crippen LogP contribution in [0, 0.1) is 11.3 Å². The first-order valence-corrected chi connectivity index (χ1v) is 4.47. The molecule has 0 heterocycles. The van der Waals surface area contributed by atoms with E-state index in [9.17, 15) is 13.6 Å². The van der Waals surface area contributed by atoms with Crippen LogP contribution in [0.15, 0.2) is 24.3 Å². The summed E-state index contributed by atoms with van der Waals surface area (Å²) in [6.45, 7) is 0.0725. The summed E-state index contributed by atoms with van der Waals surface area (Å²) < 4.78 is 31.0. The topological polar surface area (TPSA) is 50.1 Å². The Morgan fingerprint density at radius 2 is 2.00 bits per heavy atom. The van der Waals surface area contributed by atoms with E-state index in [1.165, 1.54) is 12.1 Å². The first kappa shape index (κ1) is 12.1. The van der Waals surface area contributed by atoms with E-state index in [1.807, 2.05) is 6.07 Å². The fourth-order valence-electron chi connectivity index (χ4n) is 1.06. The van der Waals surface area contributed by atoms with E-state index >= 15 is 0 Å². The second-order valence-corrected chi connectivity index (χ2v) is 3.17. The highest BCUT2D eigenvalue weighted by Crippen LogP contribution is 2.28. The Morgan fingerprint density at radius 1 is 1.44 bits per heavy atom. The van der Waals surface area contributed by atoms with Crippen LogP contribution in [-0.4, -0.2) is 12.6 Å². The molecule has 3 nitrogen and oxygen atoms in total. The van der Waals surface area contributed by atoms with Crippen LogP contribution in [0.1, 0.15) is 18.1 Å². The van der Waals surface area contributed by atoms with Crippen molar-refractivity contribution in [1.29, 1.82) is 5.26 Å². The summed E-state index contributed by atoms with van der Waals surface area (Å²) in [5.74, 6) is -3.99. The molecule has 0 aliphatic carbocycles. The van der Waals surface area contributed by atoms with E-state index in [2.05, 4.69) is 4.74 Å². The summed E-state index contributed by atoms with van der Waals surface area (Å²) >= 11 is 0. The van der Waals surface area contributed by atoms with Crippen LogP contribution in [0.2, 0.25) is 0 Å². The molecule has 0 fully saturated rings. The van der Waals surface area contributed by atoms with Crippen LogP contribution in [0.5, 0.6) is 0 Å². The fraction of sp³-hybridized carbons (Fsp3) is 0.273. The Kier molecular flexibility index (Phi) is 3.56. The van der Waals surface area contributed by atoms with Crippen molar-refractivity contribution in [2.24, 2.45) is 0 Å². The lowest BCUT2D eigenvalue weighted by Gasteiger charge is -2.16. The quantitative estimate of drug-likeness (QED) is 0.741. The Morgan fingerprint density at radius 3 is 2.44 bits per heavy atom. The van der Waals surface area contributed by atoms with Crippen molar-refractivity contribution in [2.45, 2.75) is 12.8 Å². The van der Waals surface area contributed by atoms with Gasteiger partial charge in [-0.05, 0) is 12.1 Å². The van der Waals surface area contributed by atoms with Crippen molar-refractivity contribution >= 4 is 5.97 Å².